The zero-order valence-corrected chi connectivity index (χ0v) is 8.10. The van der Waals surface area contributed by atoms with Crippen LogP contribution in [0.25, 0.3) is 0 Å². The maximum atomic E-state index is 13.3. The highest BCUT2D eigenvalue weighted by molar-refractivity contribution is 5.92. The second-order valence-electron chi connectivity index (χ2n) is 2.77. The molecule has 1 aromatic rings. The summed E-state index contributed by atoms with van der Waals surface area (Å²) in [5.74, 6) is 1.26. The number of halogens is 1. The Morgan fingerprint density at radius 3 is 2.65 bits per heavy atom. The van der Waals surface area contributed by atoms with Crippen molar-refractivity contribution in [3.8, 4) is 17.9 Å². The van der Waals surface area contributed by atoms with E-state index in [0.29, 0.717) is 12.1 Å². The van der Waals surface area contributed by atoms with Gasteiger partial charge in [0.25, 0.3) is 5.69 Å². The Bertz CT molecular complexity index is 607. The first-order valence-electron chi connectivity index (χ1n) is 4.08. The summed E-state index contributed by atoms with van der Waals surface area (Å²) in [4.78, 5) is 20.3. The van der Waals surface area contributed by atoms with Crippen molar-refractivity contribution in [2.45, 2.75) is 0 Å². The first-order chi connectivity index (χ1) is 7.97. The molecule has 1 rings (SSSR count). The summed E-state index contributed by atoms with van der Waals surface area (Å²) < 4.78 is 13.3. The normalized spacial score (nSPS) is 8.71. The molecule has 6 nitrogen and oxygen atoms in total. The van der Waals surface area contributed by atoms with Crippen molar-refractivity contribution >= 4 is 11.7 Å². The minimum absolute atomic E-state index is 0.400. The highest BCUT2D eigenvalue weighted by Gasteiger charge is 2.22. The van der Waals surface area contributed by atoms with Crippen LogP contribution in [0.1, 0.15) is 15.9 Å². The zero-order chi connectivity index (χ0) is 13.0. The van der Waals surface area contributed by atoms with Gasteiger partial charge in [0.2, 0.25) is 0 Å². The van der Waals surface area contributed by atoms with Gasteiger partial charge in [-0.15, -0.1) is 0 Å². The van der Waals surface area contributed by atoms with Gasteiger partial charge >= 0.3 is 5.97 Å². The van der Waals surface area contributed by atoms with Crippen molar-refractivity contribution < 1.29 is 19.2 Å². The number of carbonyl (C=O) groups is 1. The lowest BCUT2D eigenvalue weighted by molar-refractivity contribution is -0.385. The van der Waals surface area contributed by atoms with E-state index in [9.17, 15) is 19.3 Å². The summed E-state index contributed by atoms with van der Waals surface area (Å²) in [6.45, 7) is 0. The number of rotatable bonds is 2. The van der Waals surface area contributed by atoms with Crippen LogP contribution < -0.4 is 0 Å². The minimum Gasteiger partial charge on any atom is -0.477 e. The van der Waals surface area contributed by atoms with Gasteiger partial charge in [-0.05, 0) is 12.0 Å². The molecule has 0 aliphatic heterocycles. The molecule has 0 spiro atoms. The molecule has 0 saturated carbocycles. The fraction of sp³-hybridized carbons (Fsp3) is 0. The first kappa shape index (κ1) is 12.1. The number of hydrogen-bond donors (Lipinski definition) is 1. The molecule has 1 aromatic carbocycles. The van der Waals surface area contributed by atoms with Crippen LogP contribution in [0, 0.1) is 39.1 Å². The van der Waals surface area contributed by atoms with Gasteiger partial charge in [0.15, 0.2) is 6.07 Å². The molecule has 0 aliphatic carbocycles. The molecule has 0 amide bonds. The van der Waals surface area contributed by atoms with Gasteiger partial charge in [-0.25, -0.2) is 9.18 Å². The lowest BCUT2D eigenvalue weighted by Gasteiger charge is -2.00. The Kier molecular flexibility index (Phi) is 3.38. The topological polar surface area (TPSA) is 104 Å². The van der Waals surface area contributed by atoms with Gasteiger partial charge in [0.1, 0.15) is 11.4 Å². The van der Waals surface area contributed by atoms with E-state index in [1.165, 1.54) is 6.07 Å². The molecule has 0 fully saturated rings. The average Bonchev–Trinajstić information content (AvgIpc) is 2.26. The fourth-order valence-electron chi connectivity index (χ4n) is 1.08. The molecule has 0 unspecified atom stereocenters. The lowest BCUT2D eigenvalue weighted by Crippen LogP contribution is -2.04. The van der Waals surface area contributed by atoms with Crippen LogP contribution in [-0.2, 0) is 0 Å². The number of hydrogen-bond acceptors (Lipinski definition) is 4. The van der Waals surface area contributed by atoms with Crippen molar-refractivity contribution in [2.75, 3.05) is 0 Å². The Balaban J connectivity index is 3.52. The predicted molar refractivity (Wildman–Crippen MR) is 52.5 cm³/mol. The van der Waals surface area contributed by atoms with Gasteiger partial charge in [-0.2, -0.15) is 5.26 Å². The highest BCUT2D eigenvalue weighted by atomic mass is 19.1. The standard InChI is InChI=1S/C10H3FN2O4/c11-8-5-7(10(14)15)9(13(16)17)4-6(8)2-1-3-12/h4-5H,(H,14,15). The summed E-state index contributed by atoms with van der Waals surface area (Å²) in [5.41, 5.74) is -1.95. The summed E-state index contributed by atoms with van der Waals surface area (Å²) >= 11 is 0. The van der Waals surface area contributed by atoms with Crippen molar-refractivity contribution in [3.63, 3.8) is 0 Å². The van der Waals surface area contributed by atoms with Crippen LogP contribution in [0.15, 0.2) is 12.1 Å². The van der Waals surface area contributed by atoms with E-state index in [1.807, 2.05) is 11.8 Å². The number of carboxylic acid groups (broad SMARTS) is 1. The smallest absolute Gasteiger partial charge is 0.342 e. The van der Waals surface area contributed by atoms with Crippen LogP contribution in [-0.4, -0.2) is 16.0 Å². The van der Waals surface area contributed by atoms with Gasteiger partial charge in [0, 0.05) is 12.0 Å². The highest BCUT2D eigenvalue weighted by Crippen LogP contribution is 2.22. The van der Waals surface area contributed by atoms with Crippen molar-refractivity contribution in [1.82, 2.24) is 0 Å². The Morgan fingerprint density at radius 2 is 2.18 bits per heavy atom. The summed E-state index contributed by atoms with van der Waals surface area (Å²) in [6.07, 6.45) is 0. The SMILES string of the molecule is N#CC#Cc1cc([N+](=O)[O-])c(C(=O)O)cc1F. The van der Waals surface area contributed by atoms with Gasteiger partial charge in [0.05, 0.1) is 10.5 Å². The van der Waals surface area contributed by atoms with E-state index in [-0.39, 0.29) is 0 Å². The summed E-state index contributed by atoms with van der Waals surface area (Å²) in [6, 6.07) is 2.60. The Hall–Kier alpha value is -2.93. The van der Waals surface area contributed by atoms with Crippen molar-refractivity contribution in [2.24, 2.45) is 0 Å². The second-order valence-corrected chi connectivity index (χ2v) is 2.77. The predicted octanol–water partition coefficient (Wildman–Crippen LogP) is 1.31. The monoisotopic (exact) mass is 234 g/mol. The zero-order valence-electron chi connectivity index (χ0n) is 8.10. The second kappa shape index (κ2) is 4.73. The first-order valence-corrected chi connectivity index (χ1v) is 4.08. The van der Waals surface area contributed by atoms with Crippen molar-refractivity contribution in [1.29, 1.82) is 5.26 Å². The van der Waals surface area contributed by atoms with Gasteiger partial charge < -0.3 is 5.11 Å². The minimum atomic E-state index is -1.62. The quantitative estimate of drug-likeness (QED) is 0.471. The van der Waals surface area contributed by atoms with E-state index >= 15 is 0 Å². The average molecular weight is 234 g/mol. The molecular formula is C10H3FN2O4. The largest absolute Gasteiger partial charge is 0.477 e. The van der Waals surface area contributed by atoms with Gasteiger partial charge in [-0.3, -0.25) is 10.1 Å². The van der Waals surface area contributed by atoms with E-state index < -0.39 is 33.5 Å². The maximum absolute atomic E-state index is 13.3. The molecule has 17 heavy (non-hydrogen) atoms. The molecule has 0 atom stereocenters. The van der Waals surface area contributed by atoms with E-state index in [1.54, 1.807) is 0 Å². The summed E-state index contributed by atoms with van der Waals surface area (Å²) in [7, 11) is 0. The number of nitrogens with zero attached hydrogens (tertiary/aromatic N) is 2. The molecule has 84 valence electrons. The lowest BCUT2D eigenvalue weighted by atomic mass is 10.1. The van der Waals surface area contributed by atoms with Crippen LogP contribution in [0.4, 0.5) is 10.1 Å². The third-order valence-corrected chi connectivity index (χ3v) is 1.77. The number of nitriles is 1. The third-order valence-electron chi connectivity index (χ3n) is 1.77. The number of aromatic carboxylic acids is 1. The fourth-order valence-corrected chi connectivity index (χ4v) is 1.08. The maximum Gasteiger partial charge on any atom is 0.342 e. The van der Waals surface area contributed by atoms with Gasteiger partial charge in [-0.1, -0.05) is 0 Å². The van der Waals surface area contributed by atoms with Crippen LogP contribution in [0.3, 0.4) is 0 Å². The molecule has 0 bridgehead atoms. The molecule has 0 heterocycles. The number of nitro benzene ring substituents is 1. The number of nitro groups is 1. The summed E-state index contributed by atoms with van der Waals surface area (Å²) in [5, 5.41) is 27.4. The molecule has 0 radical (unpaired) electrons. The molecular weight excluding hydrogens is 231 g/mol. The Labute approximate surface area is 94.1 Å². The van der Waals surface area contributed by atoms with Crippen LogP contribution >= 0.6 is 0 Å². The molecule has 0 aliphatic rings. The third kappa shape index (κ3) is 2.55. The van der Waals surface area contributed by atoms with Crippen molar-refractivity contribution in [3.05, 3.63) is 39.2 Å². The van der Waals surface area contributed by atoms with Crippen LogP contribution in [0.5, 0.6) is 0 Å². The molecule has 7 heteroatoms. The molecule has 1 N–H and O–H groups in total. The molecule has 0 aromatic heterocycles. The number of benzene rings is 1. The van der Waals surface area contributed by atoms with E-state index in [0.717, 1.165) is 0 Å². The van der Waals surface area contributed by atoms with E-state index in [2.05, 4.69) is 0 Å². The van der Waals surface area contributed by atoms with E-state index in [4.69, 9.17) is 10.4 Å². The number of carboxylic acids is 1. The van der Waals surface area contributed by atoms with Crippen LogP contribution in [0.2, 0.25) is 0 Å². The Morgan fingerprint density at radius 1 is 1.53 bits per heavy atom. The molecule has 0 saturated heterocycles.